The van der Waals surface area contributed by atoms with Gasteiger partial charge in [-0.3, -0.25) is 24.5 Å². The Morgan fingerprint density at radius 1 is 1.19 bits per heavy atom. The number of nitrogens with one attached hydrogen (secondary N) is 1. The van der Waals surface area contributed by atoms with Gasteiger partial charge >= 0.3 is 0 Å². The molecule has 132 valence electrons. The molecule has 0 fully saturated rings. The van der Waals surface area contributed by atoms with Crippen LogP contribution < -0.4 is 10.9 Å². The molecule has 0 aliphatic heterocycles. The van der Waals surface area contributed by atoms with Gasteiger partial charge in [-0.05, 0) is 25.5 Å². The van der Waals surface area contributed by atoms with Gasteiger partial charge in [0.25, 0.3) is 11.5 Å². The third-order valence-electron chi connectivity index (χ3n) is 3.73. The first kappa shape index (κ1) is 17.4. The van der Waals surface area contributed by atoms with Gasteiger partial charge in [-0.2, -0.15) is 0 Å². The monoisotopic (exact) mass is 353 g/mol. The molecular formula is C18H16FN5O2. The van der Waals surface area contributed by atoms with Crippen molar-refractivity contribution in [2.75, 3.05) is 5.32 Å². The molecule has 0 aliphatic rings. The summed E-state index contributed by atoms with van der Waals surface area (Å²) in [7, 11) is 0. The van der Waals surface area contributed by atoms with Crippen molar-refractivity contribution in [2.24, 2.45) is 0 Å². The van der Waals surface area contributed by atoms with Crippen LogP contribution >= 0.6 is 0 Å². The minimum absolute atomic E-state index is 0.0168. The van der Waals surface area contributed by atoms with E-state index in [-0.39, 0.29) is 17.8 Å². The molecule has 1 N–H and O–H groups in total. The lowest BCUT2D eigenvalue weighted by molar-refractivity contribution is 0.102. The SMILES string of the molecule is Cc1cnc(Cn2ccc(C)c(C(=O)Nc3cncc(F)c3)c2=O)cn1. The fourth-order valence-corrected chi connectivity index (χ4v) is 2.42. The normalized spacial score (nSPS) is 10.6. The van der Waals surface area contributed by atoms with E-state index < -0.39 is 17.3 Å². The maximum absolute atomic E-state index is 13.2. The number of halogens is 1. The molecule has 0 unspecified atom stereocenters. The zero-order valence-corrected chi connectivity index (χ0v) is 14.2. The molecule has 1 amide bonds. The maximum atomic E-state index is 13.2. The van der Waals surface area contributed by atoms with E-state index in [2.05, 4.69) is 20.3 Å². The molecular weight excluding hydrogens is 337 g/mol. The zero-order valence-electron chi connectivity index (χ0n) is 14.2. The molecule has 0 saturated carbocycles. The first-order valence-electron chi connectivity index (χ1n) is 7.83. The number of aromatic nitrogens is 4. The largest absolute Gasteiger partial charge is 0.320 e. The lowest BCUT2D eigenvalue weighted by Crippen LogP contribution is -2.30. The molecule has 0 spiro atoms. The van der Waals surface area contributed by atoms with Crippen LogP contribution in [0.2, 0.25) is 0 Å². The number of aryl methyl sites for hydroxylation is 2. The van der Waals surface area contributed by atoms with Crippen LogP contribution in [0.1, 0.15) is 27.3 Å². The van der Waals surface area contributed by atoms with Crippen LogP contribution in [-0.4, -0.2) is 25.4 Å². The molecule has 0 aromatic carbocycles. The van der Waals surface area contributed by atoms with Crippen molar-refractivity contribution in [3.63, 3.8) is 0 Å². The standard InChI is InChI=1S/C18H16FN5O2/c1-11-3-4-24(10-15-9-21-12(2)6-22-15)18(26)16(11)17(25)23-14-5-13(19)7-20-8-14/h3-9H,10H2,1-2H3,(H,23,25). The highest BCUT2D eigenvalue weighted by atomic mass is 19.1. The average Bonchev–Trinajstić information content (AvgIpc) is 2.59. The topological polar surface area (TPSA) is 89.8 Å². The minimum Gasteiger partial charge on any atom is -0.320 e. The van der Waals surface area contributed by atoms with E-state index in [9.17, 15) is 14.0 Å². The summed E-state index contributed by atoms with van der Waals surface area (Å²) in [4.78, 5) is 37.3. The van der Waals surface area contributed by atoms with Gasteiger partial charge in [0.15, 0.2) is 0 Å². The number of hydrogen-bond acceptors (Lipinski definition) is 5. The van der Waals surface area contributed by atoms with Crippen LogP contribution in [-0.2, 0) is 6.54 Å². The summed E-state index contributed by atoms with van der Waals surface area (Å²) in [5, 5.41) is 2.50. The van der Waals surface area contributed by atoms with E-state index in [0.717, 1.165) is 18.0 Å². The molecule has 0 saturated heterocycles. The minimum atomic E-state index is -0.621. The fraction of sp³-hybridized carbons (Fsp3) is 0.167. The number of carbonyl (C=O) groups is 1. The van der Waals surface area contributed by atoms with Crippen molar-refractivity contribution >= 4 is 11.6 Å². The summed E-state index contributed by atoms with van der Waals surface area (Å²) >= 11 is 0. The molecule has 7 nitrogen and oxygen atoms in total. The van der Waals surface area contributed by atoms with Crippen molar-refractivity contribution in [3.05, 3.63) is 81.8 Å². The highest BCUT2D eigenvalue weighted by Crippen LogP contribution is 2.10. The Morgan fingerprint density at radius 2 is 2.00 bits per heavy atom. The Morgan fingerprint density at radius 3 is 2.69 bits per heavy atom. The Hall–Kier alpha value is -3.42. The number of carbonyl (C=O) groups excluding carboxylic acids is 1. The van der Waals surface area contributed by atoms with Gasteiger partial charge in [-0.25, -0.2) is 4.39 Å². The number of anilines is 1. The maximum Gasteiger partial charge on any atom is 0.264 e. The first-order valence-corrected chi connectivity index (χ1v) is 7.83. The Kier molecular flexibility index (Phi) is 4.83. The molecule has 3 aromatic heterocycles. The average molecular weight is 353 g/mol. The van der Waals surface area contributed by atoms with Crippen LogP contribution in [0.25, 0.3) is 0 Å². The molecule has 26 heavy (non-hydrogen) atoms. The van der Waals surface area contributed by atoms with Crippen LogP contribution in [0.3, 0.4) is 0 Å². The van der Waals surface area contributed by atoms with Gasteiger partial charge in [-0.15, -0.1) is 0 Å². The molecule has 3 heterocycles. The second-order valence-electron chi connectivity index (χ2n) is 5.80. The van der Waals surface area contributed by atoms with Gasteiger partial charge in [-0.1, -0.05) is 0 Å². The van der Waals surface area contributed by atoms with Crippen LogP contribution in [0.4, 0.5) is 10.1 Å². The van der Waals surface area contributed by atoms with Gasteiger partial charge in [0, 0.05) is 18.5 Å². The highest BCUT2D eigenvalue weighted by molar-refractivity contribution is 6.04. The number of amides is 1. The molecule has 3 aromatic rings. The first-order chi connectivity index (χ1) is 12.4. The Labute approximate surface area is 148 Å². The Bertz CT molecular complexity index is 1010. The molecule has 8 heteroatoms. The third-order valence-corrected chi connectivity index (χ3v) is 3.73. The van der Waals surface area contributed by atoms with E-state index >= 15 is 0 Å². The summed E-state index contributed by atoms with van der Waals surface area (Å²) in [6, 6.07) is 2.80. The van der Waals surface area contributed by atoms with Crippen molar-refractivity contribution in [2.45, 2.75) is 20.4 Å². The summed E-state index contributed by atoms with van der Waals surface area (Å²) in [5.74, 6) is -1.20. The van der Waals surface area contributed by atoms with Crippen LogP contribution in [0.5, 0.6) is 0 Å². The van der Waals surface area contributed by atoms with E-state index in [1.54, 1.807) is 31.6 Å². The number of hydrogen-bond donors (Lipinski definition) is 1. The predicted octanol–water partition coefficient (Wildman–Crippen LogP) is 2.09. The van der Waals surface area contributed by atoms with Gasteiger partial charge < -0.3 is 9.88 Å². The fourth-order valence-electron chi connectivity index (χ4n) is 2.42. The second kappa shape index (κ2) is 7.22. The summed E-state index contributed by atoms with van der Waals surface area (Å²) < 4.78 is 14.6. The van der Waals surface area contributed by atoms with Crippen molar-refractivity contribution in [1.29, 1.82) is 0 Å². The van der Waals surface area contributed by atoms with Gasteiger partial charge in [0.2, 0.25) is 0 Å². The highest BCUT2D eigenvalue weighted by Gasteiger charge is 2.16. The van der Waals surface area contributed by atoms with Gasteiger partial charge in [0.1, 0.15) is 11.4 Å². The Balaban J connectivity index is 1.90. The van der Waals surface area contributed by atoms with E-state index in [4.69, 9.17) is 0 Å². The summed E-state index contributed by atoms with van der Waals surface area (Å²) in [5.41, 5.74) is 1.58. The molecule has 0 atom stereocenters. The van der Waals surface area contributed by atoms with Gasteiger partial charge in [0.05, 0.1) is 42.2 Å². The summed E-state index contributed by atoms with van der Waals surface area (Å²) in [6.07, 6.45) is 7.12. The third kappa shape index (κ3) is 3.80. The summed E-state index contributed by atoms with van der Waals surface area (Å²) in [6.45, 7) is 3.67. The zero-order chi connectivity index (χ0) is 18.7. The molecule has 0 radical (unpaired) electrons. The van der Waals surface area contributed by atoms with E-state index in [1.165, 1.54) is 10.8 Å². The van der Waals surface area contributed by atoms with E-state index in [1.807, 2.05) is 6.92 Å². The van der Waals surface area contributed by atoms with Crippen LogP contribution in [0.15, 0.2) is 47.9 Å². The number of nitrogens with zero attached hydrogens (tertiary/aromatic N) is 4. The van der Waals surface area contributed by atoms with Crippen molar-refractivity contribution in [1.82, 2.24) is 19.5 Å². The quantitative estimate of drug-likeness (QED) is 0.776. The van der Waals surface area contributed by atoms with Crippen LogP contribution in [0, 0.1) is 19.7 Å². The van der Waals surface area contributed by atoms with E-state index in [0.29, 0.717) is 11.3 Å². The predicted molar refractivity (Wildman–Crippen MR) is 93.5 cm³/mol. The molecule has 0 aliphatic carbocycles. The lowest BCUT2D eigenvalue weighted by atomic mass is 10.1. The lowest BCUT2D eigenvalue weighted by Gasteiger charge is -2.11. The smallest absolute Gasteiger partial charge is 0.264 e. The second-order valence-corrected chi connectivity index (χ2v) is 5.80. The number of rotatable bonds is 4. The molecule has 0 bridgehead atoms. The van der Waals surface area contributed by atoms with Crippen molar-refractivity contribution in [3.8, 4) is 0 Å². The number of pyridine rings is 2. The molecule has 3 rings (SSSR count). The van der Waals surface area contributed by atoms with Crippen molar-refractivity contribution < 1.29 is 9.18 Å².